The van der Waals surface area contributed by atoms with Gasteiger partial charge < -0.3 is 10.1 Å². The molecule has 0 saturated carbocycles. The summed E-state index contributed by atoms with van der Waals surface area (Å²) in [6.07, 6.45) is -1.18. The molecule has 1 N–H and O–H groups in total. The highest BCUT2D eigenvalue weighted by atomic mass is 35.6. The third-order valence-electron chi connectivity index (χ3n) is 2.63. The summed E-state index contributed by atoms with van der Waals surface area (Å²) in [5, 5.41) is 3.47. The first-order valence-electron chi connectivity index (χ1n) is 7.35. The topological polar surface area (TPSA) is 64.1 Å². The minimum atomic E-state index is -1.86. The van der Waals surface area contributed by atoms with Crippen molar-refractivity contribution < 1.29 is 9.53 Å². The SMILES string of the molecule is Cc1cc(OC(NC(=O)C(C)(C)C)C(Cl)(Cl)Cl)nc(SC(C)C)n1. The molecule has 0 bridgehead atoms. The molecule has 1 heterocycles. The van der Waals surface area contributed by atoms with Gasteiger partial charge >= 0.3 is 0 Å². The number of nitrogens with zero attached hydrogens (tertiary/aromatic N) is 2. The summed E-state index contributed by atoms with van der Waals surface area (Å²) in [6.45, 7) is 11.1. The Morgan fingerprint density at radius 1 is 1.25 bits per heavy atom. The standard InChI is InChI=1S/C15H22Cl3N3O2S/c1-8(2)24-13-19-9(3)7-10(20-13)23-12(15(16,17)18)21-11(22)14(4,5)6/h7-8,12H,1-6H3,(H,21,22). The van der Waals surface area contributed by atoms with Crippen LogP contribution in [0.3, 0.4) is 0 Å². The second kappa shape index (κ2) is 8.30. The molecule has 0 aromatic carbocycles. The van der Waals surface area contributed by atoms with Gasteiger partial charge in [-0.3, -0.25) is 4.79 Å². The zero-order valence-corrected chi connectivity index (χ0v) is 17.6. The van der Waals surface area contributed by atoms with E-state index < -0.39 is 15.4 Å². The van der Waals surface area contributed by atoms with E-state index in [1.54, 1.807) is 26.8 Å². The van der Waals surface area contributed by atoms with Gasteiger partial charge in [0.1, 0.15) is 0 Å². The first-order chi connectivity index (χ1) is 10.8. The highest BCUT2D eigenvalue weighted by molar-refractivity contribution is 7.99. The van der Waals surface area contributed by atoms with Gasteiger partial charge in [0.05, 0.1) is 0 Å². The normalized spacial score (nSPS) is 13.8. The van der Waals surface area contributed by atoms with Crippen molar-refractivity contribution in [1.82, 2.24) is 15.3 Å². The summed E-state index contributed by atoms with van der Waals surface area (Å²) >= 11 is 19.3. The molecule has 24 heavy (non-hydrogen) atoms. The van der Waals surface area contributed by atoms with Gasteiger partial charge in [0.25, 0.3) is 0 Å². The molecule has 5 nitrogen and oxygen atoms in total. The molecular weight excluding hydrogens is 393 g/mol. The van der Waals surface area contributed by atoms with E-state index in [0.717, 1.165) is 0 Å². The van der Waals surface area contributed by atoms with E-state index >= 15 is 0 Å². The Morgan fingerprint density at radius 3 is 2.29 bits per heavy atom. The molecule has 0 aliphatic carbocycles. The summed E-state index contributed by atoms with van der Waals surface area (Å²) in [7, 11) is 0. The molecule has 0 aliphatic heterocycles. The molecule has 1 atom stereocenters. The van der Waals surface area contributed by atoms with E-state index in [1.165, 1.54) is 11.8 Å². The van der Waals surface area contributed by atoms with Crippen molar-refractivity contribution in [3.05, 3.63) is 11.8 Å². The van der Waals surface area contributed by atoms with Gasteiger partial charge in [0.15, 0.2) is 5.16 Å². The van der Waals surface area contributed by atoms with Crippen LogP contribution in [-0.4, -0.2) is 31.1 Å². The van der Waals surface area contributed by atoms with Crippen LogP contribution in [0.2, 0.25) is 0 Å². The number of alkyl halides is 3. The number of halogens is 3. The second-order valence-electron chi connectivity index (χ2n) is 6.56. The first-order valence-corrected chi connectivity index (χ1v) is 9.37. The van der Waals surface area contributed by atoms with Crippen LogP contribution >= 0.6 is 46.6 Å². The van der Waals surface area contributed by atoms with Crippen LogP contribution in [0.1, 0.15) is 40.3 Å². The van der Waals surface area contributed by atoms with Crippen molar-refractivity contribution >= 4 is 52.5 Å². The first kappa shape index (κ1) is 21.6. The van der Waals surface area contributed by atoms with Crippen molar-refractivity contribution in [2.75, 3.05) is 0 Å². The number of carbonyl (C=O) groups excluding carboxylic acids is 1. The van der Waals surface area contributed by atoms with Crippen LogP contribution in [0.5, 0.6) is 5.88 Å². The predicted molar refractivity (Wildman–Crippen MR) is 100 cm³/mol. The molecule has 0 saturated heterocycles. The molecular formula is C15H22Cl3N3O2S. The number of carbonyl (C=O) groups is 1. The quantitative estimate of drug-likeness (QED) is 0.332. The lowest BCUT2D eigenvalue weighted by Gasteiger charge is -2.29. The van der Waals surface area contributed by atoms with E-state index in [1.807, 2.05) is 20.8 Å². The van der Waals surface area contributed by atoms with Gasteiger partial charge in [0.2, 0.25) is 21.8 Å². The average molecular weight is 415 g/mol. The fourth-order valence-corrected chi connectivity index (χ4v) is 2.53. The fourth-order valence-electron chi connectivity index (χ4n) is 1.47. The van der Waals surface area contributed by atoms with Crippen molar-refractivity contribution in [3.63, 3.8) is 0 Å². The molecule has 1 amide bonds. The maximum absolute atomic E-state index is 12.2. The van der Waals surface area contributed by atoms with Gasteiger partial charge in [-0.1, -0.05) is 81.2 Å². The largest absolute Gasteiger partial charge is 0.449 e. The summed E-state index contributed by atoms with van der Waals surface area (Å²) in [5.74, 6) is -0.0717. The monoisotopic (exact) mass is 413 g/mol. The molecule has 1 unspecified atom stereocenters. The zero-order valence-electron chi connectivity index (χ0n) is 14.5. The number of rotatable bonds is 5. The number of ether oxygens (including phenoxy) is 1. The summed E-state index contributed by atoms with van der Waals surface area (Å²) in [4.78, 5) is 20.8. The molecule has 9 heteroatoms. The maximum Gasteiger partial charge on any atom is 0.246 e. The number of aromatic nitrogens is 2. The Hall–Kier alpha value is -0.430. The Balaban J connectivity index is 3.03. The highest BCUT2D eigenvalue weighted by Crippen LogP contribution is 2.33. The van der Waals surface area contributed by atoms with E-state index in [-0.39, 0.29) is 11.8 Å². The maximum atomic E-state index is 12.2. The average Bonchev–Trinajstić information content (AvgIpc) is 2.33. The number of amides is 1. The third-order valence-corrected chi connectivity index (χ3v) is 4.09. The van der Waals surface area contributed by atoms with Crippen LogP contribution in [-0.2, 0) is 4.79 Å². The Labute approximate surface area is 162 Å². The van der Waals surface area contributed by atoms with E-state index in [0.29, 0.717) is 16.1 Å². The van der Waals surface area contributed by atoms with Crippen LogP contribution in [0.4, 0.5) is 0 Å². The fraction of sp³-hybridized carbons (Fsp3) is 0.667. The lowest BCUT2D eigenvalue weighted by molar-refractivity contribution is -0.131. The van der Waals surface area contributed by atoms with E-state index in [4.69, 9.17) is 39.5 Å². The van der Waals surface area contributed by atoms with Gasteiger partial charge in [0, 0.05) is 22.4 Å². The lowest BCUT2D eigenvalue weighted by atomic mass is 9.96. The summed E-state index contributed by atoms with van der Waals surface area (Å²) in [6, 6.07) is 1.62. The zero-order chi connectivity index (χ0) is 18.7. The van der Waals surface area contributed by atoms with Crippen LogP contribution in [0.15, 0.2) is 11.2 Å². The molecule has 0 radical (unpaired) electrons. The van der Waals surface area contributed by atoms with E-state index in [2.05, 4.69) is 15.3 Å². The number of nitrogens with one attached hydrogen (secondary N) is 1. The molecule has 0 fully saturated rings. The number of thioether (sulfide) groups is 1. The van der Waals surface area contributed by atoms with Gasteiger partial charge in [-0.2, -0.15) is 4.98 Å². The van der Waals surface area contributed by atoms with E-state index in [9.17, 15) is 4.79 Å². The van der Waals surface area contributed by atoms with Crippen LogP contribution in [0, 0.1) is 12.3 Å². The smallest absolute Gasteiger partial charge is 0.246 e. The summed E-state index contributed by atoms with van der Waals surface area (Å²) in [5.41, 5.74) is 0.0611. The Bertz CT molecular complexity index is 586. The van der Waals surface area contributed by atoms with Crippen molar-refractivity contribution in [2.45, 2.75) is 62.0 Å². The lowest BCUT2D eigenvalue weighted by Crippen LogP contribution is -2.51. The second-order valence-corrected chi connectivity index (χ2v) is 10.5. The minimum absolute atomic E-state index is 0.233. The van der Waals surface area contributed by atoms with Crippen LogP contribution < -0.4 is 10.1 Å². The van der Waals surface area contributed by atoms with Crippen molar-refractivity contribution in [3.8, 4) is 5.88 Å². The number of aryl methyl sites for hydroxylation is 1. The molecule has 136 valence electrons. The Morgan fingerprint density at radius 2 is 1.83 bits per heavy atom. The molecule has 0 spiro atoms. The van der Waals surface area contributed by atoms with Crippen molar-refractivity contribution in [2.24, 2.45) is 5.41 Å². The summed E-state index contributed by atoms with van der Waals surface area (Å²) < 4.78 is 3.80. The number of hydrogen-bond acceptors (Lipinski definition) is 5. The van der Waals surface area contributed by atoms with Gasteiger partial charge in [-0.25, -0.2) is 4.98 Å². The molecule has 1 rings (SSSR count). The van der Waals surface area contributed by atoms with Gasteiger partial charge in [-0.15, -0.1) is 0 Å². The molecule has 0 aliphatic rings. The Kier molecular flexibility index (Phi) is 7.47. The van der Waals surface area contributed by atoms with Crippen LogP contribution in [0.25, 0.3) is 0 Å². The van der Waals surface area contributed by atoms with Gasteiger partial charge in [-0.05, 0) is 6.92 Å². The van der Waals surface area contributed by atoms with Crippen molar-refractivity contribution in [1.29, 1.82) is 0 Å². The third kappa shape index (κ3) is 7.21. The highest BCUT2D eigenvalue weighted by Gasteiger charge is 2.38. The minimum Gasteiger partial charge on any atom is -0.449 e. The molecule has 1 aromatic heterocycles. The molecule has 1 aromatic rings. The number of hydrogen-bond donors (Lipinski definition) is 1. The predicted octanol–water partition coefficient (Wildman–Crippen LogP) is 4.52.